The van der Waals surface area contributed by atoms with Gasteiger partial charge in [0.05, 0.1) is 4.90 Å². The van der Waals surface area contributed by atoms with Gasteiger partial charge in [-0.3, -0.25) is 9.52 Å². The van der Waals surface area contributed by atoms with Crippen LogP contribution in [0.25, 0.3) is 10.9 Å². The molecule has 1 amide bonds. The Hall–Kier alpha value is -3.65. The van der Waals surface area contributed by atoms with Gasteiger partial charge in [-0.25, -0.2) is 12.8 Å². The molecule has 0 spiro atoms. The molecule has 0 bridgehead atoms. The third-order valence-electron chi connectivity index (χ3n) is 4.88. The van der Waals surface area contributed by atoms with Crippen LogP contribution in [-0.4, -0.2) is 25.9 Å². The minimum absolute atomic E-state index is 0.00664. The molecule has 0 radical (unpaired) electrons. The molecule has 8 heteroatoms. The normalized spacial score (nSPS) is 11.4. The Balaban J connectivity index is 1.36. The first-order chi connectivity index (χ1) is 14.9. The Morgan fingerprint density at radius 1 is 0.935 bits per heavy atom. The van der Waals surface area contributed by atoms with Crippen LogP contribution in [0, 0.1) is 5.82 Å². The van der Waals surface area contributed by atoms with Gasteiger partial charge in [-0.05, 0) is 66.6 Å². The number of anilines is 1. The van der Waals surface area contributed by atoms with Crippen LogP contribution in [-0.2, 0) is 16.4 Å². The van der Waals surface area contributed by atoms with E-state index in [1.165, 1.54) is 48.5 Å². The number of nitrogens with one attached hydrogen (secondary N) is 3. The van der Waals surface area contributed by atoms with E-state index in [1.54, 1.807) is 0 Å². The first-order valence-electron chi connectivity index (χ1n) is 9.64. The van der Waals surface area contributed by atoms with Gasteiger partial charge < -0.3 is 10.3 Å². The average molecular weight is 437 g/mol. The average Bonchev–Trinajstić information content (AvgIpc) is 3.18. The van der Waals surface area contributed by atoms with E-state index in [1.807, 2.05) is 30.5 Å². The summed E-state index contributed by atoms with van der Waals surface area (Å²) < 4.78 is 40.3. The first kappa shape index (κ1) is 20.6. The van der Waals surface area contributed by atoms with Crippen LogP contribution in [0.1, 0.15) is 15.9 Å². The lowest BCUT2D eigenvalue weighted by molar-refractivity contribution is 0.0954. The number of H-pyrrole nitrogens is 1. The standard InChI is InChI=1S/C23H20FN3O3S/c24-18-7-9-19(10-8-18)27-31(29,30)20-11-5-16(6-12-20)23(28)25-14-13-17-15-26-22-4-2-1-3-21(17)22/h1-12,15,26-27H,13-14H2,(H,25,28). The fourth-order valence-electron chi connectivity index (χ4n) is 3.27. The van der Waals surface area contributed by atoms with E-state index >= 15 is 0 Å². The smallest absolute Gasteiger partial charge is 0.261 e. The van der Waals surface area contributed by atoms with E-state index in [0.717, 1.165) is 16.5 Å². The Morgan fingerprint density at radius 3 is 2.39 bits per heavy atom. The predicted octanol–water partition coefficient (Wildman–Crippen LogP) is 4.08. The molecule has 0 unspecified atom stereocenters. The zero-order valence-corrected chi connectivity index (χ0v) is 17.2. The molecule has 4 aromatic rings. The zero-order chi connectivity index (χ0) is 21.8. The number of para-hydroxylation sites is 1. The number of aromatic nitrogens is 1. The molecule has 0 aliphatic heterocycles. The third-order valence-corrected chi connectivity index (χ3v) is 6.28. The molecule has 0 atom stereocenters. The second kappa shape index (κ2) is 8.61. The number of hydrogen-bond acceptors (Lipinski definition) is 3. The minimum atomic E-state index is -3.84. The van der Waals surface area contributed by atoms with E-state index in [2.05, 4.69) is 15.0 Å². The topological polar surface area (TPSA) is 91.1 Å². The summed E-state index contributed by atoms with van der Waals surface area (Å²) in [7, 11) is -3.84. The summed E-state index contributed by atoms with van der Waals surface area (Å²) >= 11 is 0. The molecule has 1 heterocycles. The number of carbonyl (C=O) groups is 1. The number of fused-ring (bicyclic) bond motifs is 1. The number of halogens is 1. The van der Waals surface area contributed by atoms with Gasteiger partial charge in [0.15, 0.2) is 0 Å². The van der Waals surface area contributed by atoms with Crippen LogP contribution >= 0.6 is 0 Å². The van der Waals surface area contributed by atoms with Crippen molar-refractivity contribution in [1.29, 1.82) is 0 Å². The zero-order valence-electron chi connectivity index (χ0n) is 16.4. The fraction of sp³-hybridized carbons (Fsp3) is 0.0870. The van der Waals surface area contributed by atoms with Crippen molar-refractivity contribution >= 4 is 32.5 Å². The molecule has 0 saturated carbocycles. The molecule has 158 valence electrons. The SMILES string of the molecule is O=C(NCCc1c[nH]c2ccccc12)c1ccc(S(=O)(=O)Nc2ccc(F)cc2)cc1. The summed E-state index contributed by atoms with van der Waals surface area (Å²) in [5.41, 5.74) is 2.78. The molecular formula is C23H20FN3O3S. The molecule has 0 fully saturated rings. The van der Waals surface area contributed by atoms with Crippen molar-refractivity contribution in [3.63, 3.8) is 0 Å². The van der Waals surface area contributed by atoms with Gasteiger partial charge in [0.1, 0.15) is 5.82 Å². The van der Waals surface area contributed by atoms with Gasteiger partial charge in [-0.15, -0.1) is 0 Å². The van der Waals surface area contributed by atoms with Crippen LogP contribution in [0.4, 0.5) is 10.1 Å². The van der Waals surface area contributed by atoms with Crippen LogP contribution in [0.5, 0.6) is 0 Å². The number of benzene rings is 3. The maximum absolute atomic E-state index is 13.0. The summed E-state index contributed by atoms with van der Waals surface area (Å²) in [6.45, 7) is 0.451. The number of amides is 1. The van der Waals surface area contributed by atoms with Gasteiger partial charge in [0.25, 0.3) is 15.9 Å². The van der Waals surface area contributed by atoms with Crippen LogP contribution in [0.2, 0.25) is 0 Å². The summed E-state index contributed by atoms with van der Waals surface area (Å²) in [4.78, 5) is 15.6. The number of carbonyl (C=O) groups excluding carboxylic acids is 1. The van der Waals surface area contributed by atoms with E-state index < -0.39 is 15.8 Å². The lowest BCUT2D eigenvalue weighted by Gasteiger charge is -2.09. The Morgan fingerprint density at radius 2 is 1.65 bits per heavy atom. The molecule has 0 saturated heterocycles. The second-order valence-electron chi connectivity index (χ2n) is 7.00. The van der Waals surface area contributed by atoms with Crippen molar-refractivity contribution in [2.24, 2.45) is 0 Å². The van der Waals surface area contributed by atoms with Crippen molar-refractivity contribution in [1.82, 2.24) is 10.3 Å². The molecule has 1 aromatic heterocycles. The van der Waals surface area contributed by atoms with E-state index in [9.17, 15) is 17.6 Å². The highest BCUT2D eigenvalue weighted by atomic mass is 32.2. The molecular weight excluding hydrogens is 417 g/mol. The molecule has 0 aliphatic carbocycles. The minimum Gasteiger partial charge on any atom is -0.361 e. The van der Waals surface area contributed by atoms with Gasteiger partial charge in [-0.1, -0.05) is 18.2 Å². The van der Waals surface area contributed by atoms with Crippen molar-refractivity contribution < 1.29 is 17.6 Å². The largest absolute Gasteiger partial charge is 0.361 e. The highest BCUT2D eigenvalue weighted by Gasteiger charge is 2.15. The van der Waals surface area contributed by atoms with Gasteiger partial charge in [0.2, 0.25) is 0 Å². The molecule has 6 nitrogen and oxygen atoms in total. The summed E-state index contributed by atoms with van der Waals surface area (Å²) in [5, 5.41) is 3.98. The lowest BCUT2D eigenvalue weighted by Crippen LogP contribution is -2.25. The van der Waals surface area contributed by atoms with Crippen molar-refractivity contribution in [3.05, 3.63) is 95.9 Å². The lowest BCUT2D eigenvalue weighted by atomic mass is 10.1. The number of rotatable bonds is 7. The maximum Gasteiger partial charge on any atom is 0.261 e. The highest BCUT2D eigenvalue weighted by Crippen LogP contribution is 2.19. The Labute approximate surface area is 179 Å². The molecule has 4 rings (SSSR count). The number of hydrogen-bond donors (Lipinski definition) is 3. The quantitative estimate of drug-likeness (QED) is 0.407. The Bertz CT molecular complexity index is 1310. The first-order valence-corrected chi connectivity index (χ1v) is 11.1. The predicted molar refractivity (Wildman–Crippen MR) is 118 cm³/mol. The van der Waals surface area contributed by atoms with Crippen LogP contribution < -0.4 is 10.0 Å². The molecule has 3 N–H and O–H groups in total. The molecule has 31 heavy (non-hydrogen) atoms. The fourth-order valence-corrected chi connectivity index (χ4v) is 4.33. The number of aromatic amines is 1. The van der Waals surface area contributed by atoms with Crippen molar-refractivity contribution in [3.8, 4) is 0 Å². The second-order valence-corrected chi connectivity index (χ2v) is 8.68. The summed E-state index contributed by atoms with van der Waals surface area (Å²) in [6, 6.07) is 18.6. The van der Waals surface area contributed by atoms with Crippen molar-refractivity contribution in [2.75, 3.05) is 11.3 Å². The monoisotopic (exact) mass is 437 g/mol. The Kier molecular flexibility index (Phi) is 5.73. The van der Waals surface area contributed by atoms with E-state index in [0.29, 0.717) is 18.5 Å². The van der Waals surface area contributed by atoms with E-state index in [4.69, 9.17) is 0 Å². The number of sulfonamides is 1. The van der Waals surface area contributed by atoms with Gasteiger partial charge in [-0.2, -0.15) is 0 Å². The van der Waals surface area contributed by atoms with Crippen LogP contribution in [0.3, 0.4) is 0 Å². The van der Waals surface area contributed by atoms with Gasteiger partial charge >= 0.3 is 0 Å². The summed E-state index contributed by atoms with van der Waals surface area (Å²) in [5.74, 6) is -0.738. The maximum atomic E-state index is 13.0. The van der Waals surface area contributed by atoms with E-state index in [-0.39, 0.29) is 16.5 Å². The molecule has 3 aromatic carbocycles. The summed E-state index contributed by atoms with van der Waals surface area (Å²) in [6.07, 6.45) is 2.61. The van der Waals surface area contributed by atoms with Crippen LogP contribution in [0.15, 0.2) is 83.9 Å². The molecule has 0 aliphatic rings. The van der Waals surface area contributed by atoms with Gasteiger partial charge in [0, 0.05) is 34.9 Å². The highest BCUT2D eigenvalue weighted by molar-refractivity contribution is 7.92. The van der Waals surface area contributed by atoms with Crippen molar-refractivity contribution in [2.45, 2.75) is 11.3 Å². The third kappa shape index (κ3) is 4.75.